The Balaban J connectivity index is 1.77. The number of rotatable bonds is 6. The van der Waals surface area contributed by atoms with Crippen LogP contribution in [0.5, 0.6) is 0 Å². The van der Waals surface area contributed by atoms with Crippen molar-refractivity contribution < 1.29 is 28.4 Å². The number of quaternary nitrogens is 1. The highest BCUT2D eigenvalue weighted by molar-refractivity contribution is 6.15. The summed E-state index contributed by atoms with van der Waals surface area (Å²) in [6.07, 6.45) is 0. The van der Waals surface area contributed by atoms with Gasteiger partial charge in [0.05, 0.1) is 32.8 Å². The molecule has 29 heavy (non-hydrogen) atoms. The summed E-state index contributed by atoms with van der Waals surface area (Å²) in [5.41, 5.74) is 0.552. The Morgan fingerprint density at radius 1 is 1.17 bits per heavy atom. The number of aliphatic hydroxyl groups excluding tert-OH is 1. The number of hydrogen-bond acceptors (Lipinski definition) is 5. The molecule has 1 atom stereocenters. The van der Waals surface area contributed by atoms with Gasteiger partial charge >= 0.3 is 0 Å². The highest BCUT2D eigenvalue weighted by Gasteiger charge is 2.46. The second kappa shape index (κ2) is 7.25. The number of aliphatic hydroxyl groups is 1. The van der Waals surface area contributed by atoms with Crippen molar-refractivity contribution in [2.24, 2.45) is 0 Å². The maximum atomic E-state index is 13.3. The Bertz CT molecular complexity index is 1090. The van der Waals surface area contributed by atoms with Crippen molar-refractivity contribution in [1.82, 2.24) is 4.90 Å². The fourth-order valence-electron chi connectivity index (χ4n) is 3.58. The van der Waals surface area contributed by atoms with Crippen molar-refractivity contribution in [3.8, 4) is 0 Å². The van der Waals surface area contributed by atoms with E-state index in [0.717, 1.165) is 10.3 Å². The van der Waals surface area contributed by atoms with Crippen LogP contribution in [-0.2, 0) is 4.79 Å². The predicted octanol–water partition coefficient (Wildman–Crippen LogP) is 2.06. The number of likely N-dealkylation sites (N-methyl/N-ethyl adjacent to an activating group) is 1. The molecule has 7 nitrogen and oxygen atoms in total. The first-order valence-electron chi connectivity index (χ1n) is 9.49. The summed E-state index contributed by atoms with van der Waals surface area (Å²) in [6.45, 7) is 2.81. The fraction of sp³-hybridized carbons (Fsp3) is 0.273. The van der Waals surface area contributed by atoms with E-state index in [0.29, 0.717) is 30.2 Å². The molecule has 1 aliphatic rings. The molecule has 1 amide bonds. The fourth-order valence-corrected chi connectivity index (χ4v) is 3.58. The number of para-hydroxylation sites is 1. The van der Waals surface area contributed by atoms with Crippen molar-refractivity contribution in [1.29, 1.82) is 0 Å². The van der Waals surface area contributed by atoms with E-state index < -0.39 is 23.5 Å². The Morgan fingerprint density at radius 2 is 1.93 bits per heavy atom. The van der Waals surface area contributed by atoms with E-state index in [1.165, 1.54) is 4.90 Å². The van der Waals surface area contributed by atoms with Gasteiger partial charge in [0.1, 0.15) is 23.1 Å². The number of fused-ring (bicyclic) bond motifs is 1. The molecule has 0 radical (unpaired) electrons. The van der Waals surface area contributed by atoms with Gasteiger partial charge < -0.3 is 23.7 Å². The van der Waals surface area contributed by atoms with Gasteiger partial charge in [-0.25, -0.2) is 0 Å². The zero-order chi connectivity index (χ0) is 20.7. The number of ketones is 1. The first-order valence-corrected chi connectivity index (χ1v) is 9.49. The minimum Gasteiger partial charge on any atom is -0.503 e. The number of hydrogen-bond donors (Lipinski definition) is 2. The maximum Gasteiger partial charge on any atom is 0.290 e. The minimum atomic E-state index is -0.795. The average molecular weight is 395 g/mol. The largest absolute Gasteiger partial charge is 0.503 e. The lowest BCUT2D eigenvalue weighted by atomic mass is 9.99. The Kier molecular flexibility index (Phi) is 4.76. The quantitative estimate of drug-likeness (QED) is 0.624. The van der Waals surface area contributed by atoms with Crippen molar-refractivity contribution in [2.75, 3.05) is 27.2 Å². The molecule has 7 heteroatoms. The van der Waals surface area contributed by atoms with Gasteiger partial charge in [-0.3, -0.25) is 9.59 Å². The second-order valence-corrected chi connectivity index (χ2v) is 7.55. The van der Waals surface area contributed by atoms with E-state index in [2.05, 4.69) is 0 Å². The molecule has 0 aliphatic carbocycles. The molecule has 150 valence electrons. The van der Waals surface area contributed by atoms with Gasteiger partial charge in [0.25, 0.3) is 5.91 Å². The van der Waals surface area contributed by atoms with Gasteiger partial charge in [-0.15, -0.1) is 0 Å². The summed E-state index contributed by atoms with van der Waals surface area (Å²) in [7, 11) is 3.95. The molecular formula is C22H23N2O5+. The van der Waals surface area contributed by atoms with E-state index in [-0.39, 0.29) is 11.3 Å². The summed E-state index contributed by atoms with van der Waals surface area (Å²) in [5, 5.41) is 11.4. The van der Waals surface area contributed by atoms with Gasteiger partial charge in [0.2, 0.25) is 5.78 Å². The zero-order valence-electron chi connectivity index (χ0n) is 16.6. The number of Topliss-reactive ketones (excluding diaryl/α,β-unsaturated/α-hetero) is 1. The van der Waals surface area contributed by atoms with Gasteiger partial charge in [-0.2, -0.15) is 0 Å². The van der Waals surface area contributed by atoms with Crippen LogP contribution >= 0.6 is 0 Å². The van der Waals surface area contributed by atoms with Gasteiger partial charge in [0, 0.05) is 5.39 Å². The van der Waals surface area contributed by atoms with Crippen LogP contribution in [0.4, 0.5) is 0 Å². The SMILES string of the molecule is Cc1ccc([C@@H]2C(C(=O)c3cc4ccccc4o3)=C(O)C(=O)N2CC[NH+](C)C)o1. The molecule has 1 aliphatic heterocycles. The Labute approximate surface area is 167 Å². The van der Waals surface area contributed by atoms with Crippen molar-refractivity contribution in [2.45, 2.75) is 13.0 Å². The molecule has 0 saturated carbocycles. The number of nitrogens with one attached hydrogen (secondary N) is 1. The average Bonchev–Trinajstić information content (AvgIpc) is 3.37. The molecule has 3 aromatic rings. The Hall–Kier alpha value is -3.32. The van der Waals surface area contributed by atoms with Crippen LogP contribution in [0.15, 0.2) is 62.6 Å². The molecule has 0 fully saturated rings. The van der Waals surface area contributed by atoms with Crippen LogP contribution < -0.4 is 4.90 Å². The molecule has 2 aromatic heterocycles. The van der Waals surface area contributed by atoms with E-state index in [9.17, 15) is 14.7 Å². The summed E-state index contributed by atoms with van der Waals surface area (Å²) in [5.74, 6) is -0.478. The normalized spacial score (nSPS) is 17.2. The van der Waals surface area contributed by atoms with Crippen LogP contribution in [0.1, 0.15) is 28.1 Å². The molecular weight excluding hydrogens is 372 g/mol. The summed E-state index contributed by atoms with van der Waals surface area (Å²) >= 11 is 0. The van der Waals surface area contributed by atoms with Gasteiger partial charge in [-0.05, 0) is 31.2 Å². The van der Waals surface area contributed by atoms with E-state index >= 15 is 0 Å². The third-order valence-corrected chi connectivity index (χ3v) is 5.08. The number of benzene rings is 1. The number of carbonyl (C=O) groups is 2. The zero-order valence-corrected chi connectivity index (χ0v) is 16.6. The van der Waals surface area contributed by atoms with Crippen LogP contribution in [-0.4, -0.2) is 48.9 Å². The van der Waals surface area contributed by atoms with Crippen LogP contribution in [0.25, 0.3) is 11.0 Å². The smallest absolute Gasteiger partial charge is 0.290 e. The second-order valence-electron chi connectivity index (χ2n) is 7.55. The number of nitrogens with zero attached hydrogens (tertiary/aromatic N) is 1. The molecule has 0 spiro atoms. The topological polar surface area (TPSA) is 88.3 Å². The highest BCUT2D eigenvalue weighted by Crippen LogP contribution is 2.39. The third kappa shape index (κ3) is 3.34. The van der Waals surface area contributed by atoms with Crippen LogP contribution in [0, 0.1) is 6.92 Å². The lowest BCUT2D eigenvalue weighted by Gasteiger charge is -2.25. The summed E-state index contributed by atoms with van der Waals surface area (Å²) < 4.78 is 11.4. The highest BCUT2D eigenvalue weighted by atomic mass is 16.4. The monoisotopic (exact) mass is 395 g/mol. The lowest BCUT2D eigenvalue weighted by molar-refractivity contribution is -0.857. The molecule has 0 unspecified atom stereocenters. The third-order valence-electron chi connectivity index (χ3n) is 5.08. The van der Waals surface area contributed by atoms with Crippen LogP contribution in [0.2, 0.25) is 0 Å². The van der Waals surface area contributed by atoms with Crippen molar-refractivity contribution in [3.63, 3.8) is 0 Å². The van der Waals surface area contributed by atoms with E-state index in [1.54, 1.807) is 31.2 Å². The number of amides is 1. The number of furan rings is 2. The van der Waals surface area contributed by atoms with Gasteiger partial charge in [-0.1, -0.05) is 18.2 Å². The van der Waals surface area contributed by atoms with E-state index in [4.69, 9.17) is 8.83 Å². The molecule has 0 bridgehead atoms. The Morgan fingerprint density at radius 3 is 2.59 bits per heavy atom. The molecule has 4 rings (SSSR count). The molecule has 3 heterocycles. The number of carbonyl (C=O) groups excluding carboxylic acids is 2. The van der Waals surface area contributed by atoms with Crippen molar-refractivity contribution >= 4 is 22.7 Å². The maximum absolute atomic E-state index is 13.3. The molecule has 0 saturated heterocycles. The standard InChI is InChI=1S/C22H22N2O5/c1-13-8-9-16(28-13)19-18(21(26)22(27)24(19)11-10-23(2)3)20(25)17-12-14-6-4-5-7-15(14)29-17/h4-9,12,19,26H,10-11H2,1-3H3/p+1/t19-/m1/s1. The van der Waals surface area contributed by atoms with Crippen LogP contribution in [0.3, 0.4) is 0 Å². The number of aryl methyl sites for hydroxylation is 1. The van der Waals surface area contributed by atoms with E-state index in [1.807, 2.05) is 32.3 Å². The lowest BCUT2D eigenvalue weighted by Crippen LogP contribution is -3.06. The molecule has 1 aromatic carbocycles. The minimum absolute atomic E-state index is 0.0165. The predicted molar refractivity (Wildman–Crippen MR) is 106 cm³/mol. The summed E-state index contributed by atoms with van der Waals surface area (Å²) in [6, 6.07) is 11.6. The summed E-state index contributed by atoms with van der Waals surface area (Å²) in [4.78, 5) is 28.7. The first kappa shape index (κ1) is 19.0. The first-order chi connectivity index (χ1) is 13.9. The molecule has 2 N–H and O–H groups in total. The van der Waals surface area contributed by atoms with Gasteiger partial charge in [0.15, 0.2) is 11.5 Å². The van der Waals surface area contributed by atoms with Crippen molar-refractivity contribution in [3.05, 3.63) is 71.1 Å².